The van der Waals surface area contributed by atoms with Gasteiger partial charge in [-0.1, -0.05) is 6.07 Å². The molecule has 0 aromatic carbocycles. The van der Waals surface area contributed by atoms with Crippen LogP contribution in [0.1, 0.15) is 16.2 Å². The summed E-state index contributed by atoms with van der Waals surface area (Å²) in [6, 6.07) is 8.44. The van der Waals surface area contributed by atoms with Crippen LogP contribution in [0.15, 0.2) is 36.5 Å². The minimum absolute atomic E-state index is 0.169. The SMILES string of the molecule is Cc1ccc(Oc2cccc(C(N)=O)n2)cn1. The second kappa shape index (κ2) is 4.61. The number of rotatable bonds is 3. The van der Waals surface area contributed by atoms with Gasteiger partial charge in [0.05, 0.1) is 6.20 Å². The van der Waals surface area contributed by atoms with Crippen LogP contribution in [0.25, 0.3) is 0 Å². The Balaban J connectivity index is 2.21. The highest BCUT2D eigenvalue weighted by atomic mass is 16.5. The lowest BCUT2D eigenvalue weighted by Crippen LogP contribution is -2.12. The molecule has 0 unspecified atom stereocenters. The van der Waals surface area contributed by atoms with Gasteiger partial charge in [0, 0.05) is 11.8 Å². The molecule has 0 aliphatic rings. The zero-order valence-electron chi connectivity index (χ0n) is 9.25. The summed E-state index contributed by atoms with van der Waals surface area (Å²) < 4.78 is 5.44. The highest BCUT2D eigenvalue weighted by Crippen LogP contribution is 2.18. The number of aryl methyl sites for hydroxylation is 1. The number of carbonyl (C=O) groups is 1. The van der Waals surface area contributed by atoms with E-state index in [0.29, 0.717) is 11.6 Å². The summed E-state index contributed by atoms with van der Waals surface area (Å²) >= 11 is 0. The van der Waals surface area contributed by atoms with Crippen LogP contribution in [0.5, 0.6) is 11.6 Å². The Morgan fingerprint density at radius 3 is 2.76 bits per heavy atom. The Hall–Kier alpha value is -2.43. The van der Waals surface area contributed by atoms with Crippen molar-refractivity contribution in [2.45, 2.75) is 6.92 Å². The minimum Gasteiger partial charge on any atom is -0.437 e. The summed E-state index contributed by atoms with van der Waals surface area (Å²) in [5.41, 5.74) is 6.19. The molecule has 0 fully saturated rings. The molecule has 0 spiro atoms. The first kappa shape index (κ1) is 11.1. The fraction of sp³-hybridized carbons (Fsp3) is 0.0833. The maximum atomic E-state index is 10.9. The molecule has 0 bridgehead atoms. The summed E-state index contributed by atoms with van der Waals surface area (Å²) in [6.07, 6.45) is 1.59. The summed E-state index contributed by atoms with van der Waals surface area (Å²) in [5.74, 6) is 0.286. The van der Waals surface area contributed by atoms with Gasteiger partial charge in [0.15, 0.2) is 0 Å². The number of pyridine rings is 2. The number of ether oxygens (including phenoxy) is 1. The molecule has 0 aliphatic heterocycles. The predicted octanol–water partition coefficient (Wildman–Crippen LogP) is 1.68. The molecular formula is C12H11N3O2. The van der Waals surface area contributed by atoms with Crippen molar-refractivity contribution in [1.29, 1.82) is 0 Å². The number of carbonyl (C=O) groups excluding carboxylic acids is 1. The highest BCUT2D eigenvalue weighted by molar-refractivity contribution is 5.90. The van der Waals surface area contributed by atoms with Crippen molar-refractivity contribution < 1.29 is 9.53 Å². The Morgan fingerprint density at radius 2 is 2.12 bits per heavy atom. The largest absolute Gasteiger partial charge is 0.437 e. The Bertz CT molecular complexity index is 538. The lowest BCUT2D eigenvalue weighted by Gasteiger charge is -2.04. The molecule has 5 nitrogen and oxygen atoms in total. The molecule has 2 N–H and O–H groups in total. The van der Waals surface area contributed by atoms with Gasteiger partial charge in [-0.25, -0.2) is 4.98 Å². The summed E-state index contributed by atoms with van der Waals surface area (Å²) in [6.45, 7) is 1.88. The van der Waals surface area contributed by atoms with Crippen LogP contribution < -0.4 is 10.5 Å². The van der Waals surface area contributed by atoms with E-state index in [0.717, 1.165) is 5.69 Å². The standard InChI is InChI=1S/C12H11N3O2/c1-8-5-6-9(7-14-8)17-11-4-2-3-10(15-11)12(13)16/h2-7H,1H3,(H2,13,16). The lowest BCUT2D eigenvalue weighted by molar-refractivity contribution is 0.0995. The second-order valence-electron chi connectivity index (χ2n) is 3.46. The van der Waals surface area contributed by atoms with Crippen molar-refractivity contribution in [2.24, 2.45) is 5.73 Å². The van der Waals surface area contributed by atoms with Gasteiger partial charge < -0.3 is 10.5 Å². The van der Waals surface area contributed by atoms with Gasteiger partial charge >= 0.3 is 0 Å². The predicted molar refractivity (Wildman–Crippen MR) is 61.8 cm³/mol. The Morgan fingerprint density at radius 1 is 1.29 bits per heavy atom. The highest BCUT2D eigenvalue weighted by Gasteiger charge is 2.04. The van der Waals surface area contributed by atoms with Crippen LogP contribution in [0.3, 0.4) is 0 Å². The van der Waals surface area contributed by atoms with E-state index >= 15 is 0 Å². The zero-order valence-corrected chi connectivity index (χ0v) is 9.25. The average molecular weight is 229 g/mol. The van der Waals surface area contributed by atoms with Gasteiger partial charge in [-0.15, -0.1) is 0 Å². The van der Waals surface area contributed by atoms with E-state index in [2.05, 4.69) is 9.97 Å². The molecule has 17 heavy (non-hydrogen) atoms. The van der Waals surface area contributed by atoms with Crippen molar-refractivity contribution in [3.63, 3.8) is 0 Å². The van der Waals surface area contributed by atoms with E-state index in [1.54, 1.807) is 24.4 Å². The number of nitrogens with two attached hydrogens (primary N) is 1. The molecule has 2 rings (SSSR count). The van der Waals surface area contributed by atoms with Crippen molar-refractivity contribution in [3.8, 4) is 11.6 Å². The Kier molecular flexibility index (Phi) is 3.00. The molecule has 0 saturated carbocycles. The molecular weight excluding hydrogens is 218 g/mol. The van der Waals surface area contributed by atoms with E-state index in [-0.39, 0.29) is 5.69 Å². The van der Waals surface area contributed by atoms with Gasteiger partial charge in [-0.2, -0.15) is 0 Å². The molecule has 0 radical (unpaired) electrons. The van der Waals surface area contributed by atoms with Crippen molar-refractivity contribution in [3.05, 3.63) is 47.9 Å². The lowest BCUT2D eigenvalue weighted by atomic mass is 10.3. The van der Waals surface area contributed by atoms with Crippen LogP contribution in [0.4, 0.5) is 0 Å². The zero-order chi connectivity index (χ0) is 12.3. The van der Waals surface area contributed by atoms with Gasteiger partial charge in [0.25, 0.3) is 5.91 Å². The minimum atomic E-state index is -0.586. The number of primary amides is 1. The maximum Gasteiger partial charge on any atom is 0.267 e. The van der Waals surface area contributed by atoms with Crippen molar-refractivity contribution >= 4 is 5.91 Å². The molecule has 0 saturated heterocycles. The van der Waals surface area contributed by atoms with Crippen LogP contribution in [-0.2, 0) is 0 Å². The number of amides is 1. The summed E-state index contributed by atoms with van der Waals surface area (Å²) in [5, 5.41) is 0. The van der Waals surface area contributed by atoms with Crippen molar-refractivity contribution in [2.75, 3.05) is 0 Å². The van der Waals surface area contributed by atoms with Gasteiger partial charge in [-0.3, -0.25) is 9.78 Å². The molecule has 5 heteroatoms. The number of aromatic nitrogens is 2. The van der Waals surface area contributed by atoms with E-state index in [9.17, 15) is 4.79 Å². The van der Waals surface area contributed by atoms with Crippen LogP contribution in [0.2, 0.25) is 0 Å². The van der Waals surface area contributed by atoms with Gasteiger partial charge in [0.1, 0.15) is 11.4 Å². The maximum absolute atomic E-state index is 10.9. The third-order valence-corrected chi connectivity index (χ3v) is 2.08. The first-order valence-electron chi connectivity index (χ1n) is 5.02. The molecule has 2 aromatic rings. The Labute approximate surface area is 98.3 Å². The molecule has 2 heterocycles. The van der Waals surface area contributed by atoms with Gasteiger partial charge in [0.2, 0.25) is 5.88 Å². The molecule has 86 valence electrons. The first-order valence-corrected chi connectivity index (χ1v) is 5.02. The molecule has 1 amide bonds. The third-order valence-electron chi connectivity index (χ3n) is 2.08. The average Bonchev–Trinajstić information content (AvgIpc) is 2.32. The van der Waals surface area contributed by atoms with Gasteiger partial charge in [-0.05, 0) is 25.1 Å². The third kappa shape index (κ3) is 2.78. The summed E-state index contributed by atoms with van der Waals surface area (Å²) in [7, 11) is 0. The van der Waals surface area contributed by atoms with Crippen molar-refractivity contribution in [1.82, 2.24) is 9.97 Å². The quantitative estimate of drug-likeness (QED) is 0.868. The van der Waals surface area contributed by atoms with E-state index < -0.39 is 5.91 Å². The van der Waals surface area contributed by atoms with Crippen LogP contribution >= 0.6 is 0 Å². The molecule has 2 aromatic heterocycles. The van der Waals surface area contributed by atoms with E-state index in [1.165, 1.54) is 6.07 Å². The smallest absolute Gasteiger partial charge is 0.267 e. The number of nitrogens with zero attached hydrogens (tertiary/aromatic N) is 2. The molecule has 0 atom stereocenters. The number of hydrogen-bond donors (Lipinski definition) is 1. The summed E-state index contributed by atoms with van der Waals surface area (Å²) in [4.78, 5) is 19.0. The first-order chi connectivity index (χ1) is 8.15. The topological polar surface area (TPSA) is 78.1 Å². The van der Waals surface area contributed by atoms with Crippen LogP contribution in [-0.4, -0.2) is 15.9 Å². The van der Waals surface area contributed by atoms with E-state index in [1.807, 2.05) is 13.0 Å². The molecule has 0 aliphatic carbocycles. The normalized spacial score (nSPS) is 9.94. The van der Waals surface area contributed by atoms with Crippen LogP contribution in [0, 0.1) is 6.92 Å². The fourth-order valence-corrected chi connectivity index (χ4v) is 1.24. The fourth-order valence-electron chi connectivity index (χ4n) is 1.24. The second-order valence-corrected chi connectivity index (χ2v) is 3.46. The monoisotopic (exact) mass is 229 g/mol. The van der Waals surface area contributed by atoms with E-state index in [4.69, 9.17) is 10.5 Å². The number of hydrogen-bond acceptors (Lipinski definition) is 4.